The molecule has 3 aromatic carbocycles. The van der Waals surface area contributed by atoms with Gasteiger partial charge < -0.3 is 25.2 Å². The number of aromatic nitrogens is 4. The summed E-state index contributed by atoms with van der Waals surface area (Å²) in [4.78, 5) is 52.6. The summed E-state index contributed by atoms with van der Waals surface area (Å²) in [5.74, 6) is 1.47. The van der Waals surface area contributed by atoms with Crippen LogP contribution in [-0.2, 0) is 9.59 Å². The van der Waals surface area contributed by atoms with Gasteiger partial charge >= 0.3 is 0 Å². The summed E-state index contributed by atoms with van der Waals surface area (Å²) in [5, 5.41) is 14.7. The number of rotatable bonds is 11. The van der Waals surface area contributed by atoms with Gasteiger partial charge in [-0.3, -0.25) is 29.3 Å². The van der Waals surface area contributed by atoms with Crippen molar-refractivity contribution in [3.63, 3.8) is 0 Å². The van der Waals surface area contributed by atoms with Crippen molar-refractivity contribution < 1.29 is 19.1 Å². The second-order valence-electron chi connectivity index (χ2n) is 14.6. The molecule has 3 aliphatic heterocycles. The van der Waals surface area contributed by atoms with E-state index in [1.54, 1.807) is 17.9 Å². The van der Waals surface area contributed by atoms with Crippen molar-refractivity contribution in [1.82, 2.24) is 30.0 Å². The Morgan fingerprint density at radius 1 is 0.893 bits per heavy atom. The number of para-hydroxylation sites is 1. The van der Waals surface area contributed by atoms with Crippen LogP contribution in [0.15, 0.2) is 73.1 Å². The molecule has 1 atom stereocenters. The van der Waals surface area contributed by atoms with E-state index in [1.165, 1.54) is 18.8 Å². The summed E-state index contributed by atoms with van der Waals surface area (Å²) < 4.78 is 7.54. The Morgan fingerprint density at radius 3 is 2.41 bits per heavy atom. The van der Waals surface area contributed by atoms with Gasteiger partial charge in [-0.05, 0) is 74.6 Å². The van der Waals surface area contributed by atoms with Gasteiger partial charge in [0.1, 0.15) is 16.8 Å². The molecule has 0 saturated carbocycles. The largest absolute Gasteiger partial charge is 0.494 e. The van der Waals surface area contributed by atoms with E-state index in [9.17, 15) is 14.4 Å². The number of ether oxygens (including phenoxy) is 1. The fraction of sp³-hybridized carbons (Fsp3) is 0.366. The number of anilines is 6. The second kappa shape index (κ2) is 16.2. The first kappa shape index (κ1) is 37.2. The number of piperidine rings is 2. The first-order chi connectivity index (χ1) is 27.2. The van der Waals surface area contributed by atoms with Gasteiger partial charge in [-0.15, -0.1) is 0 Å². The van der Waals surface area contributed by atoms with Crippen LogP contribution in [0.2, 0.25) is 5.02 Å². The second-order valence-corrected chi connectivity index (χ2v) is 15.1. The molecule has 2 amide bonds. The summed E-state index contributed by atoms with van der Waals surface area (Å²) in [6, 6.07) is 19.2. The van der Waals surface area contributed by atoms with Crippen LogP contribution in [0.4, 0.5) is 34.5 Å². The van der Waals surface area contributed by atoms with Crippen molar-refractivity contribution in [3.8, 4) is 5.75 Å². The maximum Gasteiger partial charge on any atom is 0.251 e. The maximum atomic E-state index is 12.4. The van der Waals surface area contributed by atoms with Gasteiger partial charge in [-0.25, -0.2) is 4.98 Å². The highest BCUT2D eigenvalue weighted by molar-refractivity contribution is 6.33. The number of ketones is 1. The molecule has 3 fully saturated rings. The van der Waals surface area contributed by atoms with Crippen molar-refractivity contribution in [1.29, 1.82) is 0 Å². The molecule has 5 aromatic rings. The standard InChI is InChI=1S/C41H45ClN10O4/c1-26(53)31-5-3-4-6-33(31)45-39-32(42)24-43-41(48-39)46-34-9-7-30(22-37(34)56-2)50-15-13-27(14-16-50)25-49-17-19-51(20-18-49)29-8-10-35-28(21-29)23-44-52(35)36-11-12-38(54)47-40(36)55/h3-10,21-24,27,36H,11-20,25H2,1-2H3,(H,47,54,55)(H2,43,45,46,48). The Kier molecular flexibility index (Phi) is 10.7. The molecule has 0 radical (unpaired) electrons. The number of nitrogens with zero attached hydrogens (tertiary/aromatic N) is 7. The monoisotopic (exact) mass is 776 g/mol. The van der Waals surface area contributed by atoms with E-state index in [2.05, 4.69) is 70.0 Å². The van der Waals surface area contributed by atoms with Gasteiger partial charge in [0.25, 0.3) is 5.91 Å². The SMILES string of the molecule is COc1cc(N2CCC(CN3CCN(c4ccc5c(cnn5C5CCC(=O)NC5=O)c4)CC3)CC2)ccc1Nc1ncc(Cl)c(Nc2ccccc2C(C)=O)n1. The maximum absolute atomic E-state index is 12.4. The van der Waals surface area contributed by atoms with Gasteiger partial charge in [0.2, 0.25) is 11.9 Å². The van der Waals surface area contributed by atoms with Crippen molar-refractivity contribution >= 4 is 74.6 Å². The molecule has 3 N–H and O–H groups in total. The Bertz CT molecular complexity index is 2260. The molecular formula is C41H45ClN10O4. The summed E-state index contributed by atoms with van der Waals surface area (Å²) in [6.45, 7) is 8.52. The first-order valence-electron chi connectivity index (χ1n) is 19.1. The third-order valence-corrected chi connectivity index (χ3v) is 11.3. The Hall–Kier alpha value is -5.73. The zero-order valence-electron chi connectivity index (χ0n) is 31.5. The van der Waals surface area contributed by atoms with Crippen LogP contribution in [0.5, 0.6) is 5.75 Å². The molecule has 8 rings (SSSR count). The van der Waals surface area contributed by atoms with Crippen LogP contribution < -0.4 is 30.5 Å². The number of piperazine rings is 1. The zero-order valence-corrected chi connectivity index (χ0v) is 32.3. The predicted molar refractivity (Wildman–Crippen MR) is 218 cm³/mol. The van der Waals surface area contributed by atoms with Crippen LogP contribution in [0.25, 0.3) is 10.9 Å². The summed E-state index contributed by atoms with van der Waals surface area (Å²) in [7, 11) is 1.65. The molecule has 5 heterocycles. The van der Waals surface area contributed by atoms with Crippen molar-refractivity contribution in [2.45, 2.75) is 38.6 Å². The quantitative estimate of drug-likeness (QED) is 0.104. The van der Waals surface area contributed by atoms with Crippen molar-refractivity contribution in [2.24, 2.45) is 5.92 Å². The molecule has 56 heavy (non-hydrogen) atoms. The third-order valence-electron chi connectivity index (χ3n) is 11.1. The lowest BCUT2D eigenvalue weighted by Gasteiger charge is -2.40. The average Bonchev–Trinajstić information content (AvgIpc) is 3.63. The zero-order chi connectivity index (χ0) is 38.8. The smallest absolute Gasteiger partial charge is 0.251 e. The fourth-order valence-corrected chi connectivity index (χ4v) is 8.11. The molecule has 14 nitrogen and oxygen atoms in total. The van der Waals surface area contributed by atoms with E-state index in [4.69, 9.17) is 16.3 Å². The molecule has 3 aliphatic rings. The number of halogens is 1. The van der Waals surface area contributed by atoms with Gasteiger partial charge in [0, 0.05) is 80.6 Å². The normalized spacial score (nSPS) is 18.2. The molecule has 2 aromatic heterocycles. The summed E-state index contributed by atoms with van der Waals surface area (Å²) >= 11 is 6.43. The molecule has 0 aliphatic carbocycles. The van der Waals surface area contributed by atoms with Crippen LogP contribution in [0, 0.1) is 5.92 Å². The molecule has 0 spiro atoms. The number of fused-ring (bicyclic) bond motifs is 1. The Balaban J connectivity index is 0.829. The Labute approximate surface area is 330 Å². The van der Waals surface area contributed by atoms with Gasteiger partial charge in [0.05, 0.1) is 36.4 Å². The average molecular weight is 777 g/mol. The van der Waals surface area contributed by atoms with E-state index in [1.807, 2.05) is 36.5 Å². The molecule has 0 bridgehead atoms. The number of amides is 2. The van der Waals surface area contributed by atoms with E-state index in [0.717, 1.165) is 80.9 Å². The van der Waals surface area contributed by atoms with Crippen LogP contribution in [-0.4, -0.2) is 95.2 Å². The number of benzene rings is 3. The lowest BCUT2D eigenvalue weighted by molar-refractivity contribution is -0.135. The minimum Gasteiger partial charge on any atom is -0.494 e. The van der Waals surface area contributed by atoms with Crippen LogP contribution in [0.3, 0.4) is 0 Å². The lowest BCUT2D eigenvalue weighted by Crippen LogP contribution is -2.49. The fourth-order valence-electron chi connectivity index (χ4n) is 7.97. The number of Topliss-reactive ketones (excluding diaryl/α,β-unsaturated/α-hetero) is 1. The first-order valence-corrected chi connectivity index (χ1v) is 19.5. The number of methoxy groups -OCH3 is 1. The van der Waals surface area contributed by atoms with E-state index >= 15 is 0 Å². The predicted octanol–water partition coefficient (Wildman–Crippen LogP) is 6.19. The number of hydrogen-bond donors (Lipinski definition) is 3. The van der Waals surface area contributed by atoms with Crippen molar-refractivity contribution in [2.75, 3.05) is 73.4 Å². The highest BCUT2D eigenvalue weighted by Crippen LogP contribution is 2.35. The van der Waals surface area contributed by atoms with E-state index < -0.39 is 6.04 Å². The molecule has 1 unspecified atom stereocenters. The minimum atomic E-state index is -0.461. The summed E-state index contributed by atoms with van der Waals surface area (Å²) in [5.41, 5.74) is 5.07. The highest BCUT2D eigenvalue weighted by atomic mass is 35.5. The van der Waals surface area contributed by atoms with Gasteiger partial charge in [0.15, 0.2) is 11.6 Å². The highest BCUT2D eigenvalue weighted by Gasteiger charge is 2.30. The lowest BCUT2D eigenvalue weighted by atomic mass is 9.95. The Morgan fingerprint density at radius 2 is 1.64 bits per heavy atom. The number of carbonyl (C=O) groups is 3. The number of hydrogen-bond acceptors (Lipinski definition) is 12. The molecule has 290 valence electrons. The van der Waals surface area contributed by atoms with Crippen molar-refractivity contribution in [3.05, 3.63) is 83.6 Å². The minimum absolute atomic E-state index is 0.0618. The molecular weight excluding hydrogens is 732 g/mol. The van der Waals surface area contributed by atoms with E-state index in [0.29, 0.717) is 52.5 Å². The van der Waals surface area contributed by atoms with E-state index in [-0.39, 0.29) is 17.6 Å². The number of carbonyl (C=O) groups excluding carboxylic acids is 3. The number of nitrogens with one attached hydrogen (secondary N) is 3. The number of imide groups is 1. The van der Waals surface area contributed by atoms with Gasteiger partial charge in [-0.2, -0.15) is 10.1 Å². The molecule has 15 heteroatoms. The third kappa shape index (κ3) is 7.98. The van der Waals surface area contributed by atoms with Crippen LogP contribution in [0.1, 0.15) is 49.0 Å². The topological polar surface area (TPSA) is 150 Å². The summed E-state index contributed by atoms with van der Waals surface area (Å²) in [6.07, 6.45) is 6.37. The van der Waals surface area contributed by atoms with Gasteiger partial charge in [-0.1, -0.05) is 23.7 Å². The van der Waals surface area contributed by atoms with Crippen LogP contribution >= 0.6 is 11.6 Å². The molecule has 3 saturated heterocycles.